The summed E-state index contributed by atoms with van der Waals surface area (Å²) >= 11 is 0. The number of sulfonamides is 1. The summed E-state index contributed by atoms with van der Waals surface area (Å²) in [6, 6.07) is 5.25. The van der Waals surface area contributed by atoms with Crippen molar-refractivity contribution in [3.63, 3.8) is 0 Å². The Kier molecular flexibility index (Phi) is 6.05. The molecular weight excluding hydrogens is 312 g/mol. The van der Waals surface area contributed by atoms with Gasteiger partial charge in [0.25, 0.3) is 10.0 Å². The second-order valence-electron chi connectivity index (χ2n) is 4.48. The van der Waals surface area contributed by atoms with Crippen LogP contribution in [0.2, 0.25) is 0 Å². The lowest BCUT2D eigenvalue weighted by Crippen LogP contribution is -2.28. The van der Waals surface area contributed by atoms with Gasteiger partial charge in [-0.15, -0.1) is 0 Å². The number of hydrogen-bond donors (Lipinski definition) is 3. The number of rotatable bonds is 7. The lowest BCUT2D eigenvalue weighted by molar-refractivity contribution is -0.137. The fourth-order valence-corrected chi connectivity index (χ4v) is 2.58. The first kappa shape index (κ1) is 17.6. The van der Waals surface area contributed by atoms with Gasteiger partial charge >= 0.3 is 5.97 Å². The zero-order chi connectivity index (χ0) is 16.8. The van der Waals surface area contributed by atoms with Gasteiger partial charge in [-0.3, -0.25) is 14.4 Å². The Bertz CT molecular complexity index is 666. The van der Waals surface area contributed by atoms with Gasteiger partial charge in [0.2, 0.25) is 11.8 Å². The number of carboxylic acid groups (broad SMARTS) is 1. The normalized spacial score (nSPS) is 10.8. The summed E-state index contributed by atoms with van der Waals surface area (Å²) in [5.41, 5.74) is 0.377. The molecule has 0 aliphatic carbocycles. The van der Waals surface area contributed by atoms with Gasteiger partial charge in [0.05, 0.1) is 4.90 Å². The Morgan fingerprint density at radius 3 is 2.18 bits per heavy atom. The van der Waals surface area contributed by atoms with Gasteiger partial charge in [0.15, 0.2) is 0 Å². The Labute approximate surface area is 127 Å². The Morgan fingerprint density at radius 1 is 1.09 bits per heavy atom. The number of amides is 2. The number of benzene rings is 1. The van der Waals surface area contributed by atoms with Crippen LogP contribution in [-0.4, -0.2) is 31.3 Å². The molecule has 0 saturated heterocycles. The van der Waals surface area contributed by atoms with Crippen LogP contribution in [0, 0.1) is 0 Å². The molecule has 2 amide bonds. The molecule has 0 radical (unpaired) electrons. The van der Waals surface area contributed by atoms with Crippen LogP contribution in [0.3, 0.4) is 0 Å². The highest BCUT2D eigenvalue weighted by Gasteiger charge is 2.15. The van der Waals surface area contributed by atoms with Crippen molar-refractivity contribution in [3.05, 3.63) is 24.3 Å². The fourth-order valence-electron chi connectivity index (χ4n) is 1.59. The van der Waals surface area contributed by atoms with Crippen molar-refractivity contribution >= 4 is 33.5 Å². The first-order valence-electron chi connectivity index (χ1n) is 6.36. The van der Waals surface area contributed by atoms with E-state index in [-0.39, 0.29) is 30.1 Å². The first-order valence-corrected chi connectivity index (χ1v) is 7.84. The van der Waals surface area contributed by atoms with Crippen molar-refractivity contribution in [3.8, 4) is 0 Å². The summed E-state index contributed by atoms with van der Waals surface area (Å²) in [7, 11) is -3.91. The molecule has 8 nitrogen and oxygen atoms in total. The van der Waals surface area contributed by atoms with E-state index in [4.69, 9.17) is 5.11 Å². The second-order valence-corrected chi connectivity index (χ2v) is 6.16. The molecule has 3 N–H and O–H groups in total. The van der Waals surface area contributed by atoms with Gasteiger partial charge in [0, 0.05) is 25.5 Å². The molecule has 0 aromatic heterocycles. The summed E-state index contributed by atoms with van der Waals surface area (Å²) in [5.74, 6) is -2.03. The minimum atomic E-state index is -3.91. The van der Waals surface area contributed by atoms with Crippen LogP contribution < -0.4 is 10.0 Å². The van der Waals surface area contributed by atoms with Crippen molar-refractivity contribution in [2.75, 3.05) is 5.32 Å². The maximum absolute atomic E-state index is 11.7. The Balaban J connectivity index is 2.63. The summed E-state index contributed by atoms with van der Waals surface area (Å²) in [6.07, 6.45) is 0.176. The van der Waals surface area contributed by atoms with E-state index in [0.717, 1.165) is 6.92 Å². The lowest BCUT2D eigenvalue weighted by Gasteiger charge is -2.07. The monoisotopic (exact) mass is 328 g/mol. The molecule has 0 unspecified atom stereocenters. The van der Waals surface area contributed by atoms with Crippen molar-refractivity contribution in [2.24, 2.45) is 0 Å². The van der Waals surface area contributed by atoms with Crippen LogP contribution in [0.5, 0.6) is 0 Å². The maximum atomic E-state index is 11.7. The molecule has 0 bridgehead atoms. The van der Waals surface area contributed by atoms with E-state index in [1.165, 1.54) is 24.3 Å². The van der Waals surface area contributed by atoms with Gasteiger partial charge < -0.3 is 10.4 Å². The molecule has 1 aromatic rings. The molecule has 0 atom stereocenters. The van der Waals surface area contributed by atoms with Gasteiger partial charge in [0.1, 0.15) is 0 Å². The van der Waals surface area contributed by atoms with Gasteiger partial charge in [-0.25, -0.2) is 13.1 Å². The first-order chi connectivity index (χ1) is 10.2. The SMILES string of the molecule is CC(=O)NS(=O)(=O)c1ccc(NC(=O)CCCC(=O)O)cc1. The van der Waals surface area contributed by atoms with Crippen LogP contribution in [-0.2, 0) is 24.4 Å². The predicted molar refractivity (Wildman–Crippen MR) is 77.6 cm³/mol. The van der Waals surface area contributed by atoms with E-state index >= 15 is 0 Å². The van der Waals surface area contributed by atoms with E-state index in [2.05, 4.69) is 5.32 Å². The molecule has 0 fully saturated rings. The highest BCUT2D eigenvalue weighted by atomic mass is 32.2. The fraction of sp³-hybridized carbons (Fsp3) is 0.308. The molecule has 1 aromatic carbocycles. The Morgan fingerprint density at radius 2 is 1.68 bits per heavy atom. The molecule has 0 saturated carbocycles. The van der Waals surface area contributed by atoms with Crippen LogP contribution in [0.1, 0.15) is 26.2 Å². The third-order valence-electron chi connectivity index (χ3n) is 2.52. The van der Waals surface area contributed by atoms with Gasteiger partial charge in [-0.1, -0.05) is 0 Å². The van der Waals surface area contributed by atoms with Crippen LogP contribution >= 0.6 is 0 Å². The smallest absolute Gasteiger partial charge is 0.303 e. The van der Waals surface area contributed by atoms with E-state index in [1.807, 2.05) is 4.72 Å². The van der Waals surface area contributed by atoms with Gasteiger partial charge in [-0.2, -0.15) is 0 Å². The largest absolute Gasteiger partial charge is 0.481 e. The molecular formula is C13H16N2O6S. The van der Waals surface area contributed by atoms with E-state index < -0.39 is 21.9 Å². The van der Waals surface area contributed by atoms with Crippen molar-refractivity contribution in [1.29, 1.82) is 0 Å². The zero-order valence-corrected chi connectivity index (χ0v) is 12.6. The average Bonchev–Trinajstić information content (AvgIpc) is 2.37. The molecule has 0 heterocycles. The molecule has 22 heavy (non-hydrogen) atoms. The average molecular weight is 328 g/mol. The topological polar surface area (TPSA) is 130 Å². The minimum absolute atomic E-state index is 0.0538. The van der Waals surface area contributed by atoms with Crippen LogP contribution in [0.15, 0.2) is 29.2 Å². The number of aliphatic carboxylic acids is 1. The Hall–Kier alpha value is -2.42. The van der Waals surface area contributed by atoms with Crippen LogP contribution in [0.25, 0.3) is 0 Å². The third kappa shape index (κ3) is 5.92. The molecule has 120 valence electrons. The van der Waals surface area contributed by atoms with Crippen LogP contribution in [0.4, 0.5) is 5.69 Å². The molecule has 0 spiro atoms. The number of nitrogens with one attached hydrogen (secondary N) is 2. The third-order valence-corrected chi connectivity index (χ3v) is 3.97. The second kappa shape index (κ2) is 7.55. The minimum Gasteiger partial charge on any atom is -0.481 e. The number of anilines is 1. The predicted octanol–water partition coefficient (Wildman–Crippen LogP) is 0.705. The maximum Gasteiger partial charge on any atom is 0.303 e. The van der Waals surface area contributed by atoms with Crippen molar-refractivity contribution < 1.29 is 27.9 Å². The van der Waals surface area contributed by atoms with Crippen molar-refractivity contribution in [1.82, 2.24) is 4.72 Å². The standard InChI is InChI=1S/C13H16N2O6S/c1-9(16)15-22(20,21)11-7-5-10(6-8-11)14-12(17)3-2-4-13(18)19/h5-8H,2-4H2,1H3,(H,14,17)(H,15,16)(H,18,19). The van der Waals surface area contributed by atoms with E-state index in [1.54, 1.807) is 0 Å². The number of carbonyl (C=O) groups excluding carboxylic acids is 2. The summed E-state index contributed by atoms with van der Waals surface area (Å²) in [5, 5.41) is 11.0. The quantitative estimate of drug-likeness (QED) is 0.675. The summed E-state index contributed by atoms with van der Waals surface area (Å²) < 4.78 is 25.2. The van der Waals surface area contributed by atoms with E-state index in [0.29, 0.717) is 5.69 Å². The molecule has 9 heteroatoms. The van der Waals surface area contributed by atoms with Crippen molar-refractivity contribution in [2.45, 2.75) is 31.1 Å². The van der Waals surface area contributed by atoms with Gasteiger partial charge in [-0.05, 0) is 30.7 Å². The zero-order valence-electron chi connectivity index (χ0n) is 11.8. The number of hydrogen-bond acceptors (Lipinski definition) is 5. The summed E-state index contributed by atoms with van der Waals surface area (Å²) in [4.78, 5) is 32.6. The molecule has 0 aliphatic heterocycles. The summed E-state index contributed by atoms with van der Waals surface area (Å²) in [6.45, 7) is 1.09. The highest BCUT2D eigenvalue weighted by molar-refractivity contribution is 7.90. The highest BCUT2D eigenvalue weighted by Crippen LogP contribution is 2.14. The molecule has 1 rings (SSSR count). The van der Waals surface area contributed by atoms with E-state index in [9.17, 15) is 22.8 Å². The molecule has 0 aliphatic rings. The number of carboxylic acids is 1. The lowest BCUT2D eigenvalue weighted by atomic mass is 10.2. The number of carbonyl (C=O) groups is 3.